The number of halogens is 1. The molecule has 120 valence electrons. The quantitative estimate of drug-likeness (QED) is 0.634. The molecule has 1 aromatic carbocycles. The van der Waals surface area contributed by atoms with Gasteiger partial charge in [-0.2, -0.15) is 0 Å². The average Bonchev–Trinajstić information content (AvgIpc) is 2.98. The number of aliphatic imine (C=N–C) groups is 2. The molecule has 0 bridgehead atoms. The zero-order valence-electron chi connectivity index (χ0n) is 13.1. The Morgan fingerprint density at radius 3 is 2.65 bits per heavy atom. The molecule has 2 heterocycles. The normalized spacial score (nSPS) is 24.7. The molecular weight excluding hydrogens is 352 g/mol. The Labute approximate surface area is 145 Å². The van der Waals surface area contributed by atoms with Gasteiger partial charge in [0.15, 0.2) is 11.7 Å². The number of fused-ring (bicyclic) bond motifs is 1. The van der Waals surface area contributed by atoms with Crippen molar-refractivity contribution in [3.63, 3.8) is 0 Å². The smallest absolute Gasteiger partial charge is 0.172 e. The van der Waals surface area contributed by atoms with Crippen molar-refractivity contribution < 1.29 is 0 Å². The molecule has 23 heavy (non-hydrogen) atoms. The fourth-order valence-electron chi connectivity index (χ4n) is 3.42. The van der Waals surface area contributed by atoms with Crippen LogP contribution in [0.5, 0.6) is 0 Å². The molecule has 5 heteroatoms. The number of rotatable bonds is 2. The highest BCUT2D eigenvalue weighted by atomic mass is 79.9. The van der Waals surface area contributed by atoms with E-state index in [-0.39, 0.29) is 4.95 Å². The Bertz CT molecular complexity index is 659. The lowest BCUT2D eigenvalue weighted by Crippen LogP contribution is -2.46. The molecule has 1 fully saturated rings. The van der Waals surface area contributed by atoms with Gasteiger partial charge in [0.1, 0.15) is 4.95 Å². The molecule has 1 unspecified atom stereocenters. The van der Waals surface area contributed by atoms with E-state index in [1.54, 1.807) is 0 Å². The van der Waals surface area contributed by atoms with Crippen LogP contribution in [0.15, 0.2) is 46.5 Å². The van der Waals surface area contributed by atoms with Crippen molar-refractivity contribution in [2.24, 2.45) is 9.98 Å². The van der Waals surface area contributed by atoms with Crippen molar-refractivity contribution in [1.82, 2.24) is 10.2 Å². The zero-order chi connectivity index (χ0) is 15.6. The number of amidine groups is 2. The van der Waals surface area contributed by atoms with Crippen molar-refractivity contribution in [3.8, 4) is 0 Å². The van der Waals surface area contributed by atoms with Crippen molar-refractivity contribution in [2.75, 3.05) is 6.54 Å². The summed E-state index contributed by atoms with van der Waals surface area (Å²) >= 11 is 3.72. The maximum absolute atomic E-state index is 4.90. The lowest BCUT2D eigenvalue weighted by Gasteiger charge is -2.30. The Morgan fingerprint density at radius 1 is 1.09 bits per heavy atom. The fraction of sp³-hybridized carbons (Fsp3) is 0.444. The minimum Gasteiger partial charge on any atom is -0.364 e. The van der Waals surface area contributed by atoms with Gasteiger partial charge in [-0.15, -0.1) is 0 Å². The molecule has 0 aromatic heterocycles. The van der Waals surface area contributed by atoms with Crippen LogP contribution in [-0.2, 0) is 0 Å². The molecule has 0 radical (unpaired) electrons. The Kier molecular flexibility index (Phi) is 4.21. The van der Waals surface area contributed by atoms with E-state index < -0.39 is 0 Å². The summed E-state index contributed by atoms with van der Waals surface area (Å²) in [6.45, 7) is 0.763. The van der Waals surface area contributed by atoms with E-state index in [1.165, 1.54) is 32.1 Å². The molecule has 0 saturated heterocycles. The SMILES string of the molecule is BrC1CN=C2C(NC3CCCCC3)=NC(c3ccccc3)=CN21. The molecule has 1 atom stereocenters. The summed E-state index contributed by atoms with van der Waals surface area (Å²) in [4.78, 5) is 12.0. The van der Waals surface area contributed by atoms with Crippen LogP contribution < -0.4 is 5.32 Å². The molecule has 0 spiro atoms. The van der Waals surface area contributed by atoms with Crippen LogP contribution in [0.25, 0.3) is 5.70 Å². The van der Waals surface area contributed by atoms with E-state index in [9.17, 15) is 0 Å². The molecule has 1 saturated carbocycles. The van der Waals surface area contributed by atoms with Crippen molar-refractivity contribution >= 4 is 33.3 Å². The molecule has 2 aliphatic heterocycles. The van der Waals surface area contributed by atoms with Gasteiger partial charge >= 0.3 is 0 Å². The summed E-state index contributed by atoms with van der Waals surface area (Å²) in [7, 11) is 0. The van der Waals surface area contributed by atoms with Crippen LogP contribution in [0.1, 0.15) is 37.7 Å². The van der Waals surface area contributed by atoms with E-state index in [0.717, 1.165) is 29.5 Å². The predicted molar refractivity (Wildman–Crippen MR) is 98.7 cm³/mol. The van der Waals surface area contributed by atoms with Crippen LogP contribution in [0, 0.1) is 0 Å². The monoisotopic (exact) mass is 372 g/mol. The van der Waals surface area contributed by atoms with Crippen molar-refractivity contribution in [2.45, 2.75) is 43.1 Å². The number of hydrogen-bond donors (Lipinski definition) is 1. The highest BCUT2D eigenvalue weighted by Gasteiger charge is 2.32. The fourth-order valence-corrected chi connectivity index (χ4v) is 3.88. The van der Waals surface area contributed by atoms with Crippen LogP contribution in [0.4, 0.5) is 0 Å². The van der Waals surface area contributed by atoms with Crippen LogP contribution in [-0.4, -0.2) is 34.1 Å². The van der Waals surface area contributed by atoms with Crippen LogP contribution >= 0.6 is 15.9 Å². The summed E-state index contributed by atoms with van der Waals surface area (Å²) in [6, 6.07) is 10.9. The first-order valence-corrected chi connectivity index (χ1v) is 9.32. The molecule has 0 amide bonds. The number of nitrogens with zero attached hydrogens (tertiary/aromatic N) is 3. The third-order valence-electron chi connectivity index (χ3n) is 4.66. The molecular formula is C18H21BrN4. The van der Waals surface area contributed by atoms with Gasteiger partial charge in [0.25, 0.3) is 0 Å². The van der Waals surface area contributed by atoms with Crippen LogP contribution in [0.3, 0.4) is 0 Å². The summed E-state index contributed by atoms with van der Waals surface area (Å²) in [5, 5.41) is 3.67. The van der Waals surface area contributed by atoms with Crippen molar-refractivity contribution in [1.29, 1.82) is 0 Å². The second kappa shape index (κ2) is 6.48. The van der Waals surface area contributed by atoms with Gasteiger partial charge in [-0.05, 0) is 12.8 Å². The van der Waals surface area contributed by atoms with Gasteiger partial charge in [0.2, 0.25) is 0 Å². The number of alkyl halides is 1. The maximum atomic E-state index is 4.90. The lowest BCUT2D eigenvalue weighted by molar-refractivity contribution is 0.413. The minimum absolute atomic E-state index is 0.217. The van der Waals surface area contributed by atoms with E-state index in [2.05, 4.69) is 61.6 Å². The van der Waals surface area contributed by atoms with Gasteiger partial charge in [0, 0.05) is 17.8 Å². The number of benzene rings is 1. The molecule has 1 N–H and O–H groups in total. The maximum Gasteiger partial charge on any atom is 0.172 e. The first kappa shape index (κ1) is 14.9. The lowest BCUT2D eigenvalue weighted by atomic mass is 9.95. The van der Waals surface area contributed by atoms with Gasteiger partial charge < -0.3 is 10.2 Å². The Hall–Kier alpha value is -1.62. The van der Waals surface area contributed by atoms with Crippen molar-refractivity contribution in [3.05, 3.63) is 42.1 Å². The van der Waals surface area contributed by atoms with E-state index in [0.29, 0.717) is 6.04 Å². The predicted octanol–water partition coefficient (Wildman–Crippen LogP) is 3.75. The largest absolute Gasteiger partial charge is 0.364 e. The van der Waals surface area contributed by atoms with Gasteiger partial charge in [0.05, 0.1) is 12.2 Å². The summed E-state index contributed by atoms with van der Waals surface area (Å²) < 4.78 is 0. The molecule has 4 nitrogen and oxygen atoms in total. The number of nitrogens with one attached hydrogen (secondary N) is 1. The third kappa shape index (κ3) is 3.07. The third-order valence-corrected chi connectivity index (χ3v) is 5.39. The Balaban J connectivity index is 1.64. The topological polar surface area (TPSA) is 40.0 Å². The molecule has 4 rings (SSSR count). The summed E-state index contributed by atoms with van der Waals surface area (Å²) in [5.74, 6) is 1.90. The van der Waals surface area contributed by atoms with E-state index >= 15 is 0 Å². The Morgan fingerprint density at radius 2 is 1.87 bits per heavy atom. The van der Waals surface area contributed by atoms with Gasteiger partial charge in [-0.3, -0.25) is 4.99 Å². The van der Waals surface area contributed by atoms with Gasteiger partial charge in [-0.25, -0.2) is 4.99 Å². The second-order valence-corrected chi connectivity index (χ2v) is 7.38. The van der Waals surface area contributed by atoms with Crippen LogP contribution in [0.2, 0.25) is 0 Å². The highest BCUT2D eigenvalue weighted by Crippen LogP contribution is 2.28. The summed E-state index contributed by atoms with van der Waals surface area (Å²) in [5.41, 5.74) is 2.13. The first-order valence-electron chi connectivity index (χ1n) is 8.41. The van der Waals surface area contributed by atoms with E-state index in [4.69, 9.17) is 4.99 Å². The first-order chi connectivity index (χ1) is 11.3. The molecule has 1 aromatic rings. The second-order valence-electron chi connectivity index (χ2n) is 6.33. The molecule has 3 aliphatic rings. The summed E-state index contributed by atoms with van der Waals surface area (Å²) in [6.07, 6.45) is 8.54. The standard InChI is InChI=1S/C18H21BrN4/c19-16-11-20-18-17(21-14-9-5-2-6-10-14)22-15(12-23(16)18)13-7-3-1-4-8-13/h1,3-4,7-8,12,14,16H,2,5-6,9-11H2,(H,21,22). The molecule has 1 aliphatic carbocycles. The number of hydrogen-bond acceptors (Lipinski definition) is 4. The average molecular weight is 373 g/mol. The zero-order valence-corrected chi connectivity index (χ0v) is 14.7. The van der Waals surface area contributed by atoms with Gasteiger partial charge in [-0.1, -0.05) is 65.5 Å². The minimum atomic E-state index is 0.217. The van der Waals surface area contributed by atoms with E-state index in [1.807, 2.05) is 6.07 Å². The highest BCUT2D eigenvalue weighted by molar-refractivity contribution is 9.09.